The Labute approximate surface area is 125 Å². The molecule has 1 aromatic carbocycles. The van der Waals surface area contributed by atoms with Crippen molar-refractivity contribution < 1.29 is 4.74 Å². The lowest BCUT2D eigenvalue weighted by Crippen LogP contribution is -2.18. The SMILES string of the molecule is CNC(c1cccc(OC)c1)c1nc(C(C)(C)C)cs1. The van der Waals surface area contributed by atoms with Gasteiger partial charge in [-0.1, -0.05) is 32.9 Å². The Morgan fingerprint density at radius 2 is 2.05 bits per heavy atom. The van der Waals surface area contributed by atoms with Gasteiger partial charge in [0.1, 0.15) is 10.8 Å². The minimum Gasteiger partial charge on any atom is -0.497 e. The minimum absolute atomic E-state index is 0.0847. The molecule has 0 spiro atoms. The molecule has 4 heteroatoms. The van der Waals surface area contributed by atoms with Crippen LogP contribution in [0, 0.1) is 0 Å². The van der Waals surface area contributed by atoms with Crippen molar-refractivity contribution in [2.24, 2.45) is 0 Å². The first kappa shape index (κ1) is 15.0. The highest BCUT2D eigenvalue weighted by Crippen LogP contribution is 2.30. The number of nitrogens with one attached hydrogen (secondary N) is 1. The van der Waals surface area contributed by atoms with E-state index in [0.29, 0.717) is 0 Å². The molecule has 2 aromatic rings. The Balaban J connectivity index is 2.34. The zero-order valence-corrected chi connectivity index (χ0v) is 13.5. The maximum Gasteiger partial charge on any atom is 0.119 e. The van der Waals surface area contributed by atoms with E-state index in [-0.39, 0.29) is 11.5 Å². The average Bonchev–Trinajstić information content (AvgIpc) is 2.89. The number of thiazole rings is 1. The van der Waals surface area contributed by atoms with Crippen LogP contribution in [0.15, 0.2) is 29.6 Å². The average molecular weight is 290 g/mol. The molecule has 1 atom stereocenters. The Morgan fingerprint density at radius 3 is 2.60 bits per heavy atom. The molecule has 0 bridgehead atoms. The van der Waals surface area contributed by atoms with Crippen molar-refractivity contribution in [2.45, 2.75) is 32.2 Å². The van der Waals surface area contributed by atoms with Crippen LogP contribution in [0.1, 0.15) is 43.1 Å². The van der Waals surface area contributed by atoms with Crippen LogP contribution in [-0.2, 0) is 5.41 Å². The van der Waals surface area contributed by atoms with Crippen LogP contribution in [0.2, 0.25) is 0 Å². The molecule has 0 aliphatic heterocycles. The number of ether oxygens (including phenoxy) is 1. The second-order valence-corrected chi connectivity index (χ2v) is 6.71. The Bertz CT molecular complexity index is 572. The summed E-state index contributed by atoms with van der Waals surface area (Å²) in [5, 5.41) is 6.58. The molecule has 20 heavy (non-hydrogen) atoms. The van der Waals surface area contributed by atoms with Gasteiger partial charge in [-0.15, -0.1) is 11.3 Å². The van der Waals surface area contributed by atoms with Crippen molar-refractivity contribution >= 4 is 11.3 Å². The summed E-state index contributed by atoms with van der Waals surface area (Å²) < 4.78 is 5.30. The molecule has 1 N–H and O–H groups in total. The molecular formula is C16H22N2OS. The maximum atomic E-state index is 5.30. The molecule has 1 aromatic heterocycles. The third kappa shape index (κ3) is 3.19. The van der Waals surface area contributed by atoms with Gasteiger partial charge in [0, 0.05) is 10.8 Å². The highest BCUT2D eigenvalue weighted by Gasteiger charge is 2.21. The van der Waals surface area contributed by atoms with E-state index in [1.54, 1.807) is 18.4 Å². The predicted molar refractivity (Wildman–Crippen MR) is 84.7 cm³/mol. The summed E-state index contributed by atoms with van der Waals surface area (Å²) in [4.78, 5) is 4.80. The van der Waals surface area contributed by atoms with E-state index in [9.17, 15) is 0 Å². The number of hydrogen-bond donors (Lipinski definition) is 1. The van der Waals surface area contributed by atoms with Gasteiger partial charge in [0.15, 0.2) is 0 Å². The van der Waals surface area contributed by atoms with Crippen LogP contribution in [0.25, 0.3) is 0 Å². The molecule has 1 unspecified atom stereocenters. The van der Waals surface area contributed by atoms with Gasteiger partial charge in [0.2, 0.25) is 0 Å². The molecule has 2 rings (SSSR count). The standard InChI is InChI=1S/C16H22N2OS/c1-16(2,3)13-10-20-15(18-13)14(17-4)11-7-6-8-12(9-11)19-5/h6-10,14,17H,1-5H3. The van der Waals surface area contributed by atoms with Crippen molar-refractivity contribution in [1.29, 1.82) is 0 Å². The molecule has 0 saturated heterocycles. The van der Waals surface area contributed by atoms with E-state index in [2.05, 4.69) is 43.6 Å². The second kappa shape index (κ2) is 5.94. The van der Waals surface area contributed by atoms with Crippen LogP contribution >= 0.6 is 11.3 Å². The number of aromatic nitrogens is 1. The Hall–Kier alpha value is -1.39. The summed E-state index contributed by atoms with van der Waals surface area (Å²) in [6.07, 6.45) is 0. The number of benzene rings is 1. The molecule has 3 nitrogen and oxygen atoms in total. The fourth-order valence-electron chi connectivity index (χ4n) is 2.02. The summed E-state index contributed by atoms with van der Waals surface area (Å²) in [6, 6.07) is 8.22. The third-order valence-corrected chi connectivity index (χ3v) is 4.16. The van der Waals surface area contributed by atoms with Gasteiger partial charge in [-0.2, -0.15) is 0 Å². The van der Waals surface area contributed by atoms with Crippen molar-refractivity contribution in [3.8, 4) is 5.75 Å². The first-order valence-electron chi connectivity index (χ1n) is 6.73. The van der Waals surface area contributed by atoms with Crippen molar-refractivity contribution in [1.82, 2.24) is 10.3 Å². The molecule has 0 saturated carbocycles. The summed E-state index contributed by atoms with van der Waals surface area (Å²) >= 11 is 1.70. The van der Waals surface area contributed by atoms with Crippen LogP contribution in [0.5, 0.6) is 5.75 Å². The number of methoxy groups -OCH3 is 1. The molecule has 0 fully saturated rings. The second-order valence-electron chi connectivity index (χ2n) is 5.82. The fraction of sp³-hybridized carbons (Fsp3) is 0.438. The van der Waals surface area contributed by atoms with Gasteiger partial charge in [0.25, 0.3) is 0 Å². The largest absolute Gasteiger partial charge is 0.497 e. The number of hydrogen-bond acceptors (Lipinski definition) is 4. The van der Waals surface area contributed by atoms with Gasteiger partial charge >= 0.3 is 0 Å². The molecular weight excluding hydrogens is 268 g/mol. The summed E-state index contributed by atoms with van der Waals surface area (Å²) in [5.41, 5.74) is 2.39. The Kier molecular flexibility index (Phi) is 4.45. The molecule has 108 valence electrons. The number of rotatable bonds is 4. The summed E-state index contributed by atoms with van der Waals surface area (Å²) in [7, 11) is 3.65. The monoisotopic (exact) mass is 290 g/mol. The van der Waals surface area contributed by atoms with Gasteiger partial charge in [-0.3, -0.25) is 0 Å². The minimum atomic E-state index is 0.0847. The summed E-state index contributed by atoms with van der Waals surface area (Å²) in [5.74, 6) is 0.871. The molecule has 1 heterocycles. The smallest absolute Gasteiger partial charge is 0.119 e. The van der Waals surface area contributed by atoms with E-state index in [1.807, 2.05) is 19.2 Å². The van der Waals surface area contributed by atoms with Crippen molar-refractivity contribution in [3.05, 3.63) is 45.9 Å². The maximum absolute atomic E-state index is 5.30. The lowest BCUT2D eigenvalue weighted by Gasteiger charge is -2.17. The van der Waals surface area contributed by atoms with Gasteiger partial charge < -0.3 is 10.1 Å². The summed E-state index contributed by atoms with van der Waals surface area (Å²) in [6.45, 7) is 6.56. The van der Waals surface area contributed by atoms with Crippen LogP contribution < -0.4 is 10.1 Å². The first-order valence-corrected chi connectivity index (χ1v) is 7.61. The number of nitrogens with zero attached hydrogens (tertiary/aromatic N) is 1. The topological polar surface area (TPSA) is 34.1 Å². The highest BCUT2D eigenvalue weighted by atomic mass is 32.1. The molecule has 0 aliphatic rings. The van der Waals surface area contributed by atoms with Crippen LogP contribution in [0.3, 0.4) is 0 Å². The molecule has 0 amide bonds. The van der Waals surface area contributed by atoms with E-state index in [1.165, 1.54) is 5.56 Å². The van der Waals surface area contributed by atoms with Crippen molar-refractivity contribution in [3.63, 3.8) is 0 Å². The van der Waals surface area contributed by atoms with Crippen LogP contribution in [0.4, 0.5) is 0 Å². The Morgan fingerprint density at radius 1 is 1.30 bits per heavy atom. The predicted octanol–water partition coefficient (Wildman–Crippen LogP) is 3.76. The van der Waals surface area contributed by atoms with E-state index < -0.39 is 0 Å². The molecule has 0 radical (unpaired) electrons. The van der Waals surface area contributed by atoms with Gasteiger partial charge in [-0.05, 0) is 24.7 Å². The van der Waals surface area contributed by atoms with Crippen LogP contribution in [-0.4, -0.2) is 19.1 Å². The highest BCUT2D eigenvalue weighted by molar-refractivity contribution is 7.09. The van der Waals surface area contributed by atoms with Crippen molar-refractivity contribution in [2.75, 3.05) is 14.2 Å². The lowest BCUT2D eigenvalue weighted by molar-refractivity contribution is 0.413. The van der Waals surface area contributed by atoms with Gasteiger partial charge in [0.05, 0.1) is 18.8 Å². The normalized spacial score (nSPS) is 13.2. The van der Waals surface area contributed by atoms with E-state index in [4.69, 9.17) is 9.72 Å². The fourth-order valence-corrected chi connectivity index (χ4v) is 3.20. The quantitative estimate of drug-likeness (QED) is 0.931. The van der Waals surface area contributed by atoms with Gasteiger partial charge in [-0.25, -0.2) is 4.98 Å². The van der Waals surface area contributed by atoms with E-state index >= 15 is 0 Å². The lowest BCUT2D eigenvalue weighted by atomic mass is 9.93. The first-order chi connectivity index (χ1) is 9.45. The zero-order valence-electron chi connectivity index (χ0n) is 12.7. The molecule has 0 aliphatic carbocycles. The zero-order chi connectivity index (χ0) is 14.8. The van der Waals surface area contributed by atoms with E-state index in [0.717, 1.165) is 16.5 Å². The third-order valence-electron chi connectivity index (χ3n) is 3.25.